The highest BCUT2D eigenvalue weighted by atomic mass is 79.9. The van der Waals surface area contributed by atoms with Crippen LogP contribution in [0.1, 0.15) is 5.82 Å². The van der Waals surface area contributed by atoms with Gasteiger partial charge in [0.05, 0.1) is 11.1 Å². The van der Waals surface area contributed by atoms with Crippen molar-refractivity contribution in [3.63, 3.8) is 0 Å². The summed E-state index contributed by atoms with van der Waals surface area (Å²) in [6.45, 7) is -1.46. The van der Waals surface area contributed by atoms with Crippen molar-refractivity contribution in [3.05, 3.63) is 20.6 Å². The lowest BCUT2D eigenvalue weighted by Gasteiger charge is -2.07. The zero-order valence-electron chi connectivity index (χ0n) is 8.19. The molecule has 0 spiro atoms. The Morgan fingerprint density at radius 1 is 1.18 bits per heavy atom. The zero-order valence-corrected chi connectivity index (χ0v) is 11.3. The molecule has 1 aromatic rings. The van der Waals surface area contributed by atoms with E-state index in [1.165, 1.54) is 0 Å². The number of hydrogen-bond acceptors (Lipinski definition) is 3. The Bertz CT molecular complexity index is 380. The number of ether oxygens (including phenoxy) is 1. The van der Waals surface area contributed by atoms with Crippen LogP contribution in [0.4, 0.5) is 13.2 Å². The number of nitrogens with zero attached hydrogens (tertiary/aromatic N) is 2. The van der Waals surface area contributed by atoms with Gasteiger partial charge in [-0.05, 0) is 15.9 Å². The van der Waals surface area contributed by atoms with E-state index in [0.29, 0.717) is 4.47 Å². The van der Waals surface area contributed by atoms with Crippen molar-refractivity contribution < 1.29 is 17.9 Å². The van der Waals surface area contributed by atoms with Gasteiger partial charge < -0.3 is 4.74 Å². The van der Waals surface area contributed by atoms with Gasteiger partial charge in [0.25, 0.3) is 0 Å². The second-order valence-electron chi connectivity index (χ2n) is 2.95. The fourth-order valence-electron chi connectivity index (χ4n) is 0.898. The van der Waals surface area contributed by atoms with Crippen LogP contribution in [0.5, 0.6) is 0 Å². The van der Waals surface area contributed by atoms with Crippen LogP contribution in [-0.4, -0.2) is 29.4 Å². The number of aromatic nitrogens is 2. The molecule has 96 valence electrons. The van der Waals surface area contributed by atoms with Crippen LogP contribution in [0.2, 0.25) is 10.3 Å². The van der Waals surface area contributed by atoms with Gasteiger partial charge in [0.1, 0.15) is 22.7 Å². The monoisotopic (exact) mass is 352 g/mol. The molecule has 0 N–H and O–H groups in total. The molecule has 0 radical (unpaired) electrons. The van der Waals surface area contributed by atoms with Gasteiger partial charge in [-0.15, -0.1) is 0 Å². The third-order valence-electron chi connectivity index (χ3n) is 1.55. The lowest BCUT2D eigenvalue weighted by Crippen LogP contribution is -2.18. The normalized spacial score (nSPS) is 11.9. The van der Waals surface area contributed by atoms with Crippen LogP contribution in [0.25, 0.3) is 0 Å². The first kappa shape index (κ1) is 14.9. The van der Waals surface area contributed by atoms with E-state index in [1.807, 2.05) is 0 Å². The van der Waals surface area contributed by atoms with Crippen LogP contribution in [-0.2, 0) is 11.2 Å². The van der Waals surface area contributed by atoms with Gasteiger partial charge in [0.15, 0.2) is 0 Å². The molecular weight excluding hydrogens is 348 g/mol. The van der Waals surface area contributed by atoms with E-state index in [9.17, 15) is 13.2 Å². The summed E-state index contributed by atoms with van der Waals surface area (Å²) in [6, 6.07) is 0. The average molecular weight is 354 g/mol. The molecule has 3 nitrogen and oxygen atoms in total. The molecule has 0 aliphatic rings. The zero-order chi connectivity index (χ0) is 13.1. The van der Waals surface area contributed by atoms with E-state index in [4.69, 9.17) is 23.2 Å². The van der Waals surface area contributed by atoms with Gasteiger partial charge in [-0.1, -0.05) is 23.2 Å². The van der Waals surface area contributed by atoms with Crippen molar-refractivity contribution in [2.75, 3.05) is 13.2 Å². The molecule has 0 saturated carbocycles. The van der Waals surface area contributed by atoms with E-state index in [0.717, 1.165) is 0 Å². The van der Waals surface area contributed by atoms with Crippen molar-refractivity contribution in [1.29, 1.82) is 0 Å². The summed E-state index contributed by atoms with van der Waals surface area (Å²) < 4.78 is 40.0. The van der Waals surface area contributed by atoms with Gasteiger partial charge in [0.2, 0.25) is 0 Å². The van der Waals surface area contributed by atoms with Gasteiger partial charge in [-0.2, -0.15) is 13.2 Å². The molecule has 0 aliphatic carbocycles. The molecule has 0 aliphatic heterocycles. The maximum atomic E-state index is 11.8. The molecule has 0 atom stereocenters. The van der Waals surface area contributed by atoms with E-state index in [-0.39, 0.29) is 29.2 Å². The van der Waals surface area contributed by atoms with Gasteiger partial charge in [0, 0.05) is 6.42 Å². The summed E-state index contributed by atoms with van der Waals surface area (Å²) in [5.74, 6) is 0.227. The molecule has 0 amide bonds. The molecule has 0 bridgehead atoms. The minimum absolute atomic E-state index is 0.100. The second-order valence-corrected chi connectivity index (χ2v) is 4.46. The fraction of sp³-hybridized carbons (Fsp3) is 0.500. The smallest absolute Gasteiger partial charge is 0.372 e. The molecule has 17 heavy (non-hydrogen) atoms. The van der Waals surface area contributed by atoms with Gasteiger partial charge >= 0.3 is 6.18 Å². The van der Waals surface area contributed by atoms with Crippen molar-refractivity contribution in [3.8, 4) is 0 Å². The molecule has 0 fully saturated rings. The van der Waals surface area contributed by atoms with E-state index >= 15 is 0 Å². The summed E-state index contributed by atoms with van der Waals surface area (Å²) >= 11 is 14.5. The first-order chi connectivity index (χ1) is 7.79. The van der Waals surface area contributed by atoms with Crippen molar-refractivity contribution in [1.82, 2.24) is 9.97 Å². The maximum Gasteiger partial charge on any atom is 0.411 e. The summed E-state index contributed by atoms with van der Waals surface area (Å²) in [5.41, 5.74) is 0. The first-order valence-corrected chi connectivity index (χ1v) is 5.86. The number of alkyl halides is 3. The minimum Gasteiger partial charge on any atom is -0.372 e. The van der Waals surface area contributed by atoms with Crippen LogP contribution >= 0.6 is 39.1 Å². The molecule has 0 aromatic carbocycles. The van der Waals surface area contributed by atoms with Gasteiger partial charge in [-0.25, -0.2) is 9.97 Å². The molecule has 9 heteroatoms. The Morgan fingerprint density at radius 2 is 1.71 bits per heavy atom. The number of rotatable bonds is 4. The van der Waals surface area contributed by atoms with E-state index in [1.54, 1.807) is 0 Å². The van der Waals surface area contributed by atoms with Gasteiger partial charge in [-0.3, -0.25) is 0 Å². The van der Waals surface area contributed by atoms with Crippen LogP contribution in [0, 0.1) is 0 Å². The Hall–Kier alpha value is -0.110. The summed E-state index contributed by atoms with van der Waals surface area (Å²) in [6.07, 6.45) is -4.24. The van der Waals surface area contributed by atoms with Crippen molar-refractivity contribution in [2.24, 2.45) is 0 Å². The highest BCUT2D eigenvalue weighted by Gasteiger charge is 2.27. The molecule has 1 aromatic heterocycles. The predicted molar refractivity (Wildman–Crippen MR) is 60.3 cm³/mol. The largest absolute Gasteiger partial charge is 0.411 e. The lowest BCUT2D eigenvalue weighted by molar-refractivity contribution is -0.173. The second kappa shape index (κ2) is 6.17. The minimum atomic E-state index is -4.34. The van der Waals surface area contributed by atoms with Crippen LogP contribution in [0.15, 0.2) is 4.47 Å². The standard InChI is InChI=1S/C8H6BrCl2F3N2O/c9-5-6(10)15-4(16-7(5)11)1-2-17-3-8(12,13)14/h1-3H2. The summed E-state index contributed by atoms with van der Waals surface area (Å²) in [7, 11) is 0. The van der Waals surface area contributed by atoms with Crippen LogP contribution in [0.3, 0.4) is 0 Å². The van der Waals surface area contributed by atoms with E-state index < -0.39 is 12.8 Å². The molecule has 0 unspecified atom stereocenters. The highest BCUT2D eigenvalue weighted by Crippen LogP contribution is 2.26. The molecule has 1 heterocycles. The molecule has 1 rings (SSSR count). The number of halogens is 6. The predicted octanol–water partition coefficient (Wildman–Crippen LogP) is 3.67. The molecular formula is C8H6BrCl2F3N2O. The Balaban J connectivity index is 2.48. The summed E-state index contributed by atoms with van der Waals surface area (Å²) in [5, 5.41) is 0.214. The van der Waals surface area contributed by atoms with Crippen LogP contribution < -0.4 is 0 Å². The quantitative estimate of drug-likeness (QED) is 0.612. The maximum absolute atomic E-state index is 11.8. The third-order valence-corrected chi connectivity index (χ3v) is 3.31. The third kappa shape index (κ3) is 5.37. The summed E-state index contributed by atoms with van der Waals surface area (Å²) in [4.78, 5) is 7.66. The number of hydrogen-bond donors (Lipinski definition) is 0. The Morgan fingerprint density at radius 3 is 2.18 bits per heavy atom. The Labute approximate surface area is 113 Å². The lowest BCUT2D eigenvalue weighted by atomic mass is 10.4. The molecule has 0 saturated heterocycles. The fourth-order valence-corrected chi connectivity index (χ4v) is 1.50. The first-order valence-electron chi connectivity index (χ1n) is 4.31. The highest BCUT2D eigenvalue weighted by molar-refractivity contribution is 9.10. The van der Waals surface area contributed by atoms with Crippen molar-refractivity contribution in [2.45, 2.75) is 12.6 Å². The topological polar surface area (TPSA) is 35.0 Å². The van der Waals surface area contributed by atoms with E-state index in [2.05, 4.69) is 30.6 Å². The van der Waals surface area contributed by atoms with Crippen molar-refractivity contribution >= 4 is 39.1 Å². The SMILES string of the molecule is FC(F)(F)COCCc1nc(Cl)c(Br)c(Cl)n1. The average Bonchev–Trinajstić information content (AvgIpc) is 2.19. The Kier molecular flexibility index (Phi) is 5.43.